The van der Waals surface area contributed by atoms with Crippen LogP contribution in [0, 0.1) is 0 Å². The highest BCUT2D eigenvalue weighted by Crippen LogP contribution is 2.29. The number of ether oxygens (including phenoxy) is 2. The van der Waals surface area contributed by atoms with Crippen molar-refractivity contribution in [2.24, 2.45) is 0 Å². The van der Waals surface area contributed by atoms with Crippen LogP contribution in [0.5, 0.6) is 11.5 Å². The van der Waals surface area contributed by atoms with Crippen molar-refractivity contribution in [3.63, 3.8) is 0 Å². The van der Waals surface area contributed by atoms with Crippen molar-refractivity contribution in [3.8, 4) is 11.5 Å². The molecule has 4 heteroatoms. The minimum absolute atomic E-state index is 0.0200. The Morgan fingerprint density at radius 1 is 0.952 bits per heavy atom. The molecule has 0 aliphatic rings. The van der Waals surface area contributed by atoms with Crippen molar-refractivity contribution in [1.29, 1.82) is 0 Å². The number of ketones is 1. The van der Waals surface area contributed by atoms with Gasteiger partial charge in [0.15, 0.2) is 0 Å². The van der Waals surface area contributed by atoms with E-state index < -0.39 is 0 Å². The molecule has 0 fully saturated rings. The highest BCUT2D eigenvalue weighted by atomic mass is 32.1. The van der Waals surface area contributed by atoms with Crippen molar-refractivity contribution in [3.05, 3.63) is 59.0 Å². The average Bonchev–Trinajstić information content (AvgIpc) is 2.97. The van der Waals surface area contributed by atoms with Gasteiger partial charge in [-0.2, -0.15) is 0 Å². The van der Waals surface area contributed by atoms with E-state index in [-0.39, 0.29) is 5.78 Å². The summed E-state index contributed by atoms with van der Waals surface area (Å²) in [7, 11) is 3.14. The van der Waals surface area contributed by atoms with E-state index in [1.54, 1.807) is 32.4 Å². The van der Waals surface area contributed by atoms with Crippen LogP contribution in [0.1, 0.15) is 15.2 Å². The normalized spacial score (nSPS) is 10.6. The molecule has 0 spiro atoms. The summed E-state index contributed by atoms with van der Waals surface area (Å²) in [4.78, 5) is 13.4. The molecule has 21 heavy (non-hydrogen) atoms. The maximum Gasteiger partial charge on any atom is 0.203 e. The molecule has 0 atom stereocenters. The molecule has 0 radical (unpaired) electrons. The van der Waals surface area contributed by atoms with Crippen LogP contribution in [0.2, 0.25) is 0 Å². The molecule has 0 amide bonds. The molecule has 0 saturated heterocycles. The number of carbonyl (C=O) groups is 1. The second kappa shape index (κ2) is 5.58. The Morgan fingerprint density at radius 2 is 1.62 bits per heavy atom. The van der Waals surface area contributed by atoms with Gasteiger partial charge in [0.05, 0.1) is 19.1 Å². The van der Waals surface area contributed by atoms with Crippen LogP contribution >= 0.6 is 11.3 Å². The van der Waals surface area contributed by atoms with Crippen LogP contribution in [0.15, 0.2) is 48.5 Å². The van der Waals surface area contributed by atoms with Gasteiger partial charge in [0.2, 0.25) is 5.78 Å². The van der Waals surface area contributed by atoms with E-state index in [0.29, 0.717) is 21.9 Å². The zero-order valence-electron chi connectivity index (χ0n) is 11.8. The monoisotopic (exact) mass is 298 g/mol. The number of thiophene rings is 1. The molecule has 0 unspecified atom stereocenters. The van der Waals surface area contributed by atoms with Gasteiger partial charge >= 0.3 is 0 Å². The fourth-order valence-electron chi connectivity index (χ4n) is 2.17. The lowest BCUT2D eigenvalue weighted by atomic mass is 10.1. The Labute approximate surface area is 126 Å². The van der Waals surface area contributed by atoms with Gasteiger partial charge in [-0.1, -0.05) is 18.2 Å². The predicted molar refractivity (Wildman–Crippen MR) is 84.8 cm³/mol. The number of methoxy groups -OCH3 is 2. The molecule has 2 aromatic carbocycles. The Kier molecular flexibility index (Phi) is 3.62. The summed E-state index contributed by atoms with van der Waals surface area (Å²) in [5, 5.41) is 1.08. The third-order valence-electron chi connectivity index (χ3n) is 3.26. The highest BCUT2D eigenvalue weighted by molar-refractivity contribution is 7.21. The maximum absolute atomic E-state index is 12.7. The summed E-state index contributed by atoms with van der Waals surface area (Å²) in [5.74, 6) is 1.20. The van der Waals surface area contributed by atoms with Crippen LogP contribution in [0.25, 0.3) is 10.1 Å². The van der Waals surface area contributed by atoms with Crippen LogP contribution < -0.4 is 9.47 Å². The molecule has 3 aromatic rings. The summed E-state index contributed by atoms with van der Waals surface area (Å²) < 4.78 is 11.5. The summed E-state index contributed by atoms with van der Waals surface area (Å²) in [6.07, 6.45) is 0. The molecule has 0 aliphatic carbocycles. The molecule has 0 saturated carbocycles. The number of hydrogen-bond donors (Lipinski definition) is 0. The van der Waals surface area contributed by atoms with Crippen molar-refractivity contribution in [2.45, 2.75) is 0 Å². The van der Waals surface area contributed by atoms with Crippen molar-refractivity contribution >= 4 is 27.2 Å². The SMILES string of the molecule is COc1cc(OC)cc(C(=O)c2cc3ccccc3s2)c1. The van der Waals surface area contributed by atoms with E-state index in [2.05, 4.69) is 0 Å². The summed E-state index contributed by atoms with van der Waals surface area (Å²) >= 11 is 1.50. The standard InChI is InChI=1S/C17H14O3S/c1-19-13-7-12(8-14(10-13)20-2)17(18)16-9-11-5-3-4-6-15(11)21-16/h3-10H,1-2H3. The van der Waals surface area contributed by atoms with Crippen LogP contribution in [0.3, 0.4) is 0 Å². The van der Waals surface area contributed by atoms with Crippen molar-refractivity contribution < 1.29 is 14.3 Å². The first-order chi connectivity index (χ1) is 10.2. The van der Waals surface area contributed by atoms with Crippen molar-refractivity contribution in [1.82, 2.24) is 0 Å². The van der Waals surface area contributed by atoms with E-state index in [4.69, 9.17) is 9.47 Å². The van der Waals surface area contributed by atoms with Gasteiger partial charge in [0, 0.05) is 16.3 Å². The largest absolute Gasteiger partial charge is 0.497 e. The van der Waals surface area contributed by atoms with Crippen LogP contribution in [0.4, 0.5) is 0 Å². The van der Waals surface area contributed by atoms with Gasteiger partial charge in [-0.25, -0.2) is 0 Å². The average molecular weight is 298 g/mol. The number of benzene rings is 2. The molecule has 0 bridgehead atoms. The third-order valence-corrected chi connectivity index (χ3v) is 4.38. The zero-order chi connectivity index (χ0) is 14.8. The minimum Gasteiger partial charge on any atom is -0.497 e. The molecule has 1 aromatic heterocycles. The van der Waals surface area contributed by atoms with E-state index >= 15 is 0 Å². The smallest absolute Gasteiger partial charge is 0.203 e. The van der Waals surface area contributed by atoms with Crippen LogP contribution in [-0.4, -0.2) is 20.0 Å². The summed E-state index contributed by atoms with van der Waals surface area (Å²) in [6.45, 7) is 0. The van der Waals surface area contributed by atoms with Crippen LogP contribution in [-0.2, 0) is 0 Å². The number of hydrogen-bond acceptors (Lipinski definition) is 4. The quantitative estimate of drug-likeness (QED) is 0.679. The lowest BCUT2D eigenvalue weighted by molar-refractivity contribution is 0.104. The summed E-state index contributed by atoms with van der Waals surface area (Å²) in [6, 6.07) is 15.1. The molecule has 3 rings (SSSR count). The summed E-state index contributed by atoms with van der Waals surface area (Å²) in [5.41, 5.74) is 0.567. The van der Waals surface area contributed by atoms with Gasteiger partial charge < -0.3 is 9.47 Å². The Hall–Kier alpha value is -2.33. The van der Waals surface area contributed by atoms with Gasteiger partial charge in [0.25, 0.3) is 0 Å². The Balaban J connectivity index is 2.04. The fourth-order valence-corrected chi connectivity index (χ4v) is 3.20. The van der Waals surface area contributed by atoms with Gasteiger partial charge in [0.1, 0.15) is 11.5 Å². The first kappa shape index (κ1) is 13.6. The van der Waals surface area contributed by atoms with E-state index in [9.17, 15) is 4.79 Å². The molecular weight excluding hydrogens is 284 g/mol. The Morgan fingerprint density at radius 3 is 2.24 bits per heavy atom. The fraction of sp³-hybridized carbons (Fsp3) is 0.118. The predicted octanol–water partition coefficient (Wildman–Crippen LogP) is 4.15. The lowest BCUT2D eigenvalue weighted by Gasteiger charge is -2.07. The number of carbonyl (C=O) groups excluding carboxylic acids is 1. The van der Waals surface area contributed by atoms with Crippen molar-refractivity contribution in [2.75, 3.05) is 14.2 Å². The second-order valence-corrected chi connectivity index (χ2v) is 5.66. The topological polar surface area (TPSA) is 35.5 Å². The third kappa shape index (κ3) is 2.62. The van der Waals surface area contributed by atoms with Gasteiger partial charge in [-0.3, -0.25) is 4.79 Å². The van der Waals surface area contributed by atoms with E-state index in [1.165, 1.54) is 11.3 Å². The van der Waals surface area contributed by atoms with E-state index in [0.717, 1.165) is 10.1 Å². The highest BCUT2D eigenvalue weighted by Gasteiger charge is 2.15. The lowest BCUT2D eigenvalue weighted by Crippen LogP contribution is -2.00. The zero-order valence-corrected chi connectivity index (χ0v) is 12.6. The Bertz CT molecular complexity index is 749. The molecule has 106 valence electrons. The van der Waals surface area contributed by atoms with Gasteiger partial charge in [-0.05, 0) is 29.7 Å². The number of rotatable bonds is 4. The molecule has 0 aliphatic heterocycles. The molecule has 1 heterocycles. The van der Waals surface area contributed by atoms with E-state index in [1.807, 2.05) is 30.3 Å². The second-order valence-electron chi connectivity index (χ2n) is 4.58. The minimum atomic E-state index is -0.0200. The number of fused-ring (bicyclic) bond motifs is 1. The van der Waals surface area contributed by atoms with Gasteiger partial charge in [-0.15, -0.1) is 11.3 Å². The molecule has 0 N–H and O–H groups in total. The first-order valence-corrected chi connectivity index (χ1v) is 7.29. The maximum atomic E-state index is 12.7. The first-order valence-electron chi connectivity index (χ1n) is 6.47. The molecule has 3 nitrogen and oxygen atoms in total. The molecular formula is C17H14O3S.